The third kappa shape index (κ3) is 3.76. The van der Waals surface area contributed by atoms with Crippen molar-refractivity contribution in [3.63, 3.8) is 0 Å². The van der Waals surface area contributed by atoms with Gasteiger partial charge in [-0.25, -0.2) is 4.39 Å². The van der Waals surface area contributed by atoms with Gasteiger partial charge in [-0.3, -0.25) is 4.79 Å². The van der Waals surface area contributed by atoms with Crippen LogP contribution in [-0.2, 0) is 0 Å². The van der Waals surface area contributed by atoms with Gasteiger partial charge in [0.2, 0.25) is 0 Å². The van der Waals surface area contributed by atoms with Crippen LogP contribution in [-0.4, -0.2) is 19.1 Å². The van der Waals surface area contributed by atoms with E-state index in [0.717, 1.165) is 11.1 Å². The molecule has 25 heavy (non-hydrogen) atoms. The van der Waals surface area contributed by atoms with E-state index in [1.165, 1.54) is 12.1 Å². The molecule has 0 bridgehead atoms. The van der Waals surface area contributed by atoms with Gasteiger partial charge in [-0.05, 0) is 48.2 Å². The molecule has 5 heteroatoms. The van der Waals surface area contributed by atoms with Gasteiger partial charge in [-0.15, -0.1) is 0 Å². The van der Waals surface area contributed by atoms with Crippen LogP contribution in [0.5, 0.6) is 11.5 Å². The van der Waals surface area contributed by atoms with Crippen molar-refractivity contribution >= 4 is 5.91 Å². The second-order valence-electron chi connectivity index (χ2n) is 6.56. The van der Waals surface area contributed by atoms with E-state index in [-0.39, 0.29) is 17.9 Å². The first-order valence-electron chi connectivity index (χ1n) is 8.42. The molecule has 1 heterocycles. The number of ether oxygens (including phenoxy) is 2. The van der Waals surface area contributed by atoms with Crippen molar-refractivity contribution in [1.82, 2.24) is 5.32 Å². The molecule has 0 aromatic heterocycles. The van der Waals surface area contributed by atoms with Crippen LogP contribution in [0, 0.1) is 18.7 Å². The van der Waals surface area contributed by atoms with E-state index >= 15 is 0 Å². The number of carbonyl (C=O) groups excluding carboxylic acids is 1. The summed E-state index contributed by atoms with van der Waals surface area (Å²) < 4.78 is 24.7. The number of carbonyl (C=O) groups is 1. The second-order valence-corrected chi connectivity index (χ2v) is 6.56. The highest BCUT2D eigenvalue weighted by Gasteiger charge is 2.22. The zero-order chi connectivity index (χ0) is 18.0. The van der Waals surface area contributed by atoms with Gasteiger partial charge in [0.25, 0.3) is 5.91 Å². The Morgan fingerprint density at radius 1 is 1.08 bits per heavy atom. The fraction of sp³-hybridized carbons (Fsp3) is 0.350. The summed E-state index contributed by atoms with van der Waals surface area (Å²) in [6.07, 6.45) is 0. The Morgan fingerprint density at radius 3 is 2.52 bits per heavy atom. The zero-order valence-corrected chi connectivity index (χ0v) is 14.6. The molecule has 1 unspecified atom stereocenters. The standard InChI is InChI=1S/C20H22FNO3/c1-12(2)19(14-5-7-17-18(10-14)25-9-8-24-17)22-20(23)16-11-15(21)6-4-13(16)3/h4-7,10-12,19H,8-9H2,1-3H3,(H,22,23). The fourth-order valence-electron chi connectivity index (χ4n) is 2.95. The molecular weight excluding hydrogens is 321 g/mol. The predicted molar refractivity (Wildman–Crippen MR) is 93.6 cm³/mol. The third-order valence-corrected chi connectivity index (χ3v) is 4.32. The van der Waals surface area contributed by atoms with Crippen LogP contribution in [0.3, 0.4) is 0 Å². The van der Waals surface area contributed by atoms with E-state index in [4.69, 9.17) is 9.47 Å². The van der Waals surface area contributed by atoms with Crippen molar-refractivity contribution in [3.8, 4) is 11.5 Å². The molecule has 1 aliphatic rings. The maximum atomic E-state index is 13.5. The molecule has 1 amide bonds. The van der Waals surface area contributed by atoms with Gasteiger partial charge in [0, 0.05) is 5.56 Å². The first-order valence-corrected chi connectivity index (χ1v) is 8.42. The van der Waals surface area contributed by atoms with Crippen LogP contribution in [0.4, 0.5) is 4.39 Å². The Bertz CT molecular complexity index is 789. The van der Waals surface area contributed by atoms with Crippen molar-refractivity contribution in [2.45, 2.75) is 26.8 Å². The lowest BCUT2D eigenvalue weighted by Crippen LogP contribution is -2.32. The first kappa shape index (κ1) is 17.3. The molecule has 132 valence electrons. The summed E-state index contributed by atoms with van der Waals surface area (Å²) >= 11 is 0. The molecule has 1 atom stereocenters. The third-order valence-electron chi connectivity index (χ3n) is 4.32. The minimum Gasteiger partial charge on any atom is -0.486 e. The van der Waals surface area contributed by atoms with E-state index in [2.05, 4.69) is 5.32 Å². The summed E-state index contributed by atoms with van der Waals surface area (Å²) in [7, 11) is 0. The molecule has 3 rings (SSSR count). The van der Waals surface area contributed by atoms with Gasteiger partial charge >= 0.3 is 0 Å². The molecule has 2 aromatic rings. The van der Waals surface area contributed by atoms with Crippen molar-refractivity contribution in [2.75, 3.05) is 13.2 Å². The maximum absolute atomic E-state index is 13.5. The molecule has 0 fully saturated rings. The van der Waals surface area contributed by atoms with Crippen molar-refractivity contribution < 1.29 is 18.7 Å². The summed E-state index contributed by atoms with van der Waals surface area (Å²) in [5.41, 5.74) is 2.02. The first-order chi connectivity index (χ1) is 12.0. The number of halogens is 1. The van der Waals surface area contributed by atoms with E-state index < -0.39 is 5.82 Å². The highest BCUT2D eigenvalue weighted by atomic mass is 19.1. The summed E-state index contributed by atoms with van der Waals surface area (Å²) in [6, 6.07) is 9.70. The molecule has 0 saturated carbocycles. The van der Waals surface area contributed by atoms with Gasteiger partial charge in [0.05, 0.1) is 6.04 Å². The van der Waals surface area contributed by atoms with Crippen LogP contribution < -0.4 is 14.8 Å². The van der Waals surface area contributed by atoms with Crippen molar-refractivity contribution in [3.05, 3.63) is 58.9 Å². The lowest BCUT2D eigenvalue weighted by molar-refractivity contribution is 0.0924. The van der Waals surface area contributed by atoms with Gasteiger partial charge in [0.15, 0.2) is 11.5 Å². The summed E-state index contributed by atoms with van der Waals surface area (Å²) in [4.78, 5) is 12.7. The molecule has 4 nitrogen and oxygen atoms in total. The number of fused-ring (bicyclic) bond motifs is 1. The Labute approximate surface area is 147 Å². The van der Waals surface area contributed by atoms with E-state index in [1.54, 1.807) is 13.0 Å². The van der Waals surface area contributed by atoms with E-state index in [9.17, 15) is 9.18 Å². The quantitative estimate of drug-likeness (QED) is 0.912. The number of hydrogen-bond donors (Lipinski definition) is 1. The van der Waals surface area contributed by atoms with Crippen LogP contribution in [0.1, 0.15) is 41.4 Å². The maximum Gasteiger partial charge on any atom is 0.252 e. The van der Waals surface area contributed by atoms with Gasteiger partial charge in [-0.1, -0.05) is 26.0 Å². The second kappa shape index (κ2) is 7.13. The number of rotatable bonds is 4. The van der Waals surface area contributed by atoms with E-state index in [1.807, 2.05) is 32.0 Å². The van der Waals surface area contributed by atoms with Crippen LogP contribution in [0.2, 0.25) is 0 Å². The Morgan fingerprint density at radius 2 is 1.80 bits per heavy atom. The molecular formula is C20H22FNO3. The number of aryl methyl sites for hydroxylation is 1. The number of amides is 1. The number of benzene rings is 2. The molecule has 1 aliphatic heterocycles. The molecule has 0 aliphatic carbocycles. The monoisotopic (exact) mass is 343 g/mol. The topological polar surface area (TPSA) is 47.6 Å². The van der Waals surface area contributed by atoms with Crippen LogP contribution in [0.25, 0.3) is 0 Å². The minimum atomic E-state index is -0.420. The van der Waals surface area contributed by atoms with Gasteiger partial charge in [-0.2, -0.15) is 0 Å². The largest absolute Gasteiger partial charge is 0.486 e. The van der Waals surface area contributed by atoms with E-state index in [0.29, 0.717) is 30.3 Å². The highest BCUT2D eigenvalue weighted by Crippen LogP contribution is 2.34. The molecule has 2 aromatic carbocycles. The number of hydrogen-bond acceptors (Lipinski definition) is 3. The summed E-state index contributed by atoms with van der Waals surface area (Å²) in [5, 5.41) is 3.02. The molecule has 0 radical (unpaired) electrons. The lowest BCUT2D eigenvalue weighted by atomic mass is 9.95. The van der Waals surface area contributed by atoms with Gasteiger partial charge in [0.1, 0.15) is 19.0 Å². The van der Waals surface area contributed by atoms with Crippen molar-refractivity contribution in [1.29, 1.82) is 0 Å². The Kier molecular flexibility index (Phi) is 4.93. The summed E-state index contributed by atoms with van der Waals surface area (Å²) in [6.45, 7) is 6.90. The van der Waals surface area contributed by atoms with Crippen molar-refractivity contribution in [2.24, 2.45) is 5.92 Å². The predicted octanol–water partition coefficient (Wildman–Crippen LogP) is 4.03. The average molecular weight is 343 g/mol. The smallest absolute Gasteiger partial charge is 0.252 e. The summed E-state index contributed by atoms with van der Waals surface area (Å²) in [5.74, 6) is 0.845. The van der Waals surface area contributed by atoms with Gasteiger partial charge < -0.3 is 14.8 Å². The van der Waals surface area contributed by atoms with Crippen LogP contribution in [0.15, 0.2) is 36.4 Å². The van der Waals surface area contributed by atoms with Crippen LogP contribution >= 0.6 is 0 Å². The Balaban J connectivity index is 1.86. The Hall–Kier alpha value is -2.56. The molecule has 0 saturated heterocycles. The number of nitrogens with one attached hydrogen (secondary N) is 1. The highest BCUT2D eigenvalue weighted by molar-refractivity contribution is 5.95. The minimum absolute atomic E-state index is 0.153. The zero-order valence-electron chi connectivity index (χ0n) is 14.6. The lowest BCUT2D eigenvalue weighted by Gasteiger charge is -2.25. The average Bonchev–Trinajstić information content (AvgIpc) is 2.60. The fourth-order valence-corrected chi connectivity index (χ4v) is 2.95. The SMILES string of the molecule is Cc1ccc(F)cc1C(=O)NC(c1ccc2c(c1)OCCO2)C(C)C. The molecule has 0 spiro atoms. The molecule has 1 N–H and O–H groups in total. The normalized spacial score (nSPS) is 14.3.